The molecule has 20 heavy (non-hydrogen) atoms. The van der Waals surface area contributed by atoms with Crippen LogP contribution in [0.4, 0.5) is 0 Å². The molecular formula is C14H19NO5. The molecule has 0 saturated carbocycles. The van der Waals surface area contributed by atoms with Gasteiger partial charge in [-0.2, -0.15) is 0 Å². The Morgan fingerprint density at radius 2 is 2.00 bits per heavy atom. The minimum atomic E-state index is -1.15. The zero-order chi connectivity index (χ0) is 15.3. The largest absolute Gasteiger partial charge is 0.479 e. The molecule has 1 heterocycles. The van der Waals surface area contributed by atoms with Gasteiger partial charge in [0.05, 0.1) is 6.54 Å². The van der Waals surface area contributed by atoms with Gasteiger partial charge in [-0.3, -0.25) is 9.59 Å². The van der Waals surface area contributed by atoms with E-state index in [4.69, 9.17) is 16.3 Å². The van der Waals surface area contributed by atoms with Gasteiger partial charge in [-0.25, -0.2) is 4.79 Å². The molecule has 1 aliphatic rings. The van der Waals surface area contributed by atoms with Crippen molar-refractivity contribution >= 4 is 17.7 Å². The van der Waals surface area contributed by atoms with Crippen LogP contribution in [0.15, 0.2) is 0 Å². The number of carbonyl (C=O) groups is 3. The second-order valence-electron chi connectivity index (χ2n) is 5.23. The van der Waals surface area contributed by atoms with E-state index in [1.165, 1.54) is 0 Å². The molecule has 0 spiro atoms. The number of nitrogens with one attached hydrogen (secondary N) is 1. The quantitative estimate of drug-likeness (QED) is 0.490. The monoisotopic (exact) mass is 281 g/mol. The first-order valence-corrected chi connectivity index (χ1v) is 6.49. The Morgan fingerprint density at radius 3 is 2.45 bits per heavy atom. The summed E-state index contributed by atoms with van der Waals surface area (Å²) >= 11 is 0. The Morgan fingerprint density at radius 1 is 1.35 bits per heavy atom. The molecule has 0 aromatic carbocycles. The molecule has 1 amide bonds. The highest BCUT2D eigenvalue weighted by atomic mass is 16.6. The first kappa shape index (κ1) is 16.2. The Labute approximate surface area is 117 Å². The summed E-state index contributed by atoms with van der Waals surface area (Å²) in [5, 5.41) is 11.3. The predicted octanol–water partition coefficient (Wildman–Crippen LogP) is 0.209. The lowest BCUT2D eigenvalue weighted by Gasteiger charge is -2.17. The second-order valence-corrected chi connectivity index (χ2v) is 5.23. The molecule has 1 aliphatic heterocycles. The summed E-state index contributed by atoms with van der Waals surface area (Å²) in [5.74, 6) is 0.248. The van der Waals surface area contributed by atoms with Gasteiger partial charge in [0, 0.05) is 12.3 Å². The molecule has 1 rings (SSSR count). The summed E-state index contributed by atoms with van der Waals surface area (Å²) in [6.07, 6.45) is 3.61. The van der Waals surface area contributed by atoms with Gasteiger partial charge in [0.25, 0.3) is 0 Å². The highest BCUT2D eigenvalue weighted by Gasteiger charge is 2.50. The average molecular weight is 281 g/mol. The third-order valence-electron chi connectivity index (χ3n) is 2.99. The van der Waals surface area contributed by atoms with Gasteiger partial charge >= 0.3 is 5.97 Å². The summed E-state index contributed by atoms with van der Waals surface area (Å²) in [7, 11) is 0. The molecule has 6 heteroatoms. The summed E-state index contributed by atoms with van der Waals surface area (Å²) in [6, 6.07) is 0. The smallest absolute Gasteiger partial charge is 0.336 e. The maximum Gasteiger partial charge on any atom is 0.336 e. The number of aliphatic carboxylic acids is 1. The van der Waals surface area contributed by atoms with Crippen LogP contribution in [0.3, 0.4) is 0 Å². The highest BCUT2D eigenvalue weighted by Crippen LogP contribution is 2.27. The van der Waals surface area contributed by atoms with Gasteiger partial charge in [0.1, 0.15) is 0 Å². The van der Waals surface area contributed by atoms with Crippen LogP contribution in [0.2, 0.25) is 0 Å². The fourth-order valence-electron chi connectivity index (χ4n) is 2.04. The Bertz CT molecular complexity index is 437. The molecule has 0 unspecified atom stereocenters. The van der Waals surface area contributed by atoms with Crippen LogP contribution in [0, 0.1) is 24.2 Å². The van der Waals surface area contributed by atoms with E-state index in [0.29, 0.717) is 6.42 Å². The minimum absolute atomic E-state index is 0.0248. The van der Waals surface area contributed by atoms with Crippen LogP contribution in [-0.2, 0) is 19.1 Å². The number of rotatable bonds is 8. The van der Waals surface area contributed by atoms with Crippen LogP contribution in [0.25, 0.3) is 0 Å². The molecule has 0 aromatic rings. The van der Waals surface area contributed by atoms with Crippen molar-refractivity contribution in [1.82, 2.24) is 5.32 Å². The number of hydrogen-bond acceptors (Lipinski definition) is 4. The Balaban J connectivity index is 2.56. The number of hydrogen-bond donors (Lipinski definition) is 2. The summed E-state index contributed by atoms with van der Waals surface area (Å²) in [6.45, 7) is 4.00. The van der Waals surface area contributed by atoms with Gasteiger partial charge in [0.15, 0.2) is 18.0 Å². The van der Waals surface area contributed by atoms with Crippen molar-refractivity contribution in [1.29, 1.82) is 0 Å². The lowest BCUT2D eigenvalue weighted by atomic mass is 9.90. The van der Waals surface area contributed by atoms with Crippen LogP contribution < -0.4 is 5.32 Å². The number of carbonyl (C=O) groups excluding carboxylic acids is 2. The molecule has 6 nitrogen and oxygen atoms in total. The standard InChI is InChI=1S/C14H19NO5/c1-4-5-15-13(17)9(6-8(2)3)7-10(16)11-12(20-11)14(18)19/h1,8-9,11-12H,5-7H2,2-3H3,(H,15,17)(H,18,19)/t9-,11-,12+/m1/s1. The zero-order valence-corrected chi connectivity index (χ0v) is 11.6. The second kappa shape index (κ2) is 7.06. The third-order valence-corrected chi connectivity index (χ3v) is 2.99. The van der Waals surface area contributed by atoms with Crippen molar-refractivity contribution in [2.24, 2.45) is 11.8 Å². The summed E-state index contributed by atoms with van der Waals surface area (Å²) in [4.78, 5) is 34.4. The number of carboxylic acid groups (broad SMARTS) is 1. The van der Waals surface area contributed by atoms with Gasteiger partial charge in [-0.15, -0.1) is 6.42 Å². The third kappa shape index (κ3) is 4.67. The maximum absolute atomic E-state index is 11.9. The van der Waals surface area contributed by atoms with Crippen molar-refractivity contribution in [2.75, 3.05) is 6.54 Å². The van der Waals surface area contributed by atoms with E-state index in [2.05, 4.69) is 11.2 Å². The van der Waals surface area contributed by atoms with Crippen LogP contribution in [-0.4, -0.2) is 41.5 Å². The zero-order valence-electron chi connectivity index (χ0n) is 11.6. The molecule has 0 radical (unpaired) electrons. The SMILES string of the molecule is C#CCNC(=O)[C@@H](CC(=O)[C@H]1O[C@@H]1C(=O)O)CC(C)C. The van der Waals surface area contributed by atoms with E-state index in [0.717, 1.165) is 0 Å². The van der Waals surface area contributed by atoms with Crippen molar-refractivity contribution in [3.05, 3.63) is 0 Å². The van der Waals surface area contributed by atoms with Gasteiger partial charge in [-0.05, 0) is 12.3 Å². The molecule has 110 valence electrons. The van der Waals surface area contributed by atoms with Crippen molar-refractivity contribution < 1.29 is 24.2 Å². The fourth-order valence-corrected chi connectivity index (χ4v) is 2.04. The molecule has 0 bridgehead atoms. The first-order valence-electron chi connectivity index (χ1n) is 6.49. The van der Waals surface area contributed by atoms with E-state index in [1.807, 2.05) is 13.8 Å². The molecule has 3 atom stereocenters. The summed E-state index contributed by atoms with van der Waals surface area (Å²) in [5.41, 5.74) is 0. The van der Waals surface area contributed by atoms with Crippen molar-refractivity contribution in [3.8, 4) is 12.3 Å². The Kier molecular flexibility index (Phi) is 5.71. The highest BCUT2D eigenvalue weighted by molar-refractivity contribution is 5.95. The molecule has 0 aliphatic carbocycles. The van der Waals surface area contributed by atoms with Gasteiger partial charge < -0.3 is 15.2 Å². The van der Waals surface area contributed by atoms with Crippen molar-refractivity contribution in [2.45, 2.75) is 38.9 Å². The lowest BCUT2D eigenvalue weighted by molar-refractivity contribution is -0.138. The van der Waals surface area contributed by atoms with E-state index < -0.39 is 24.1 Å². The molecule has 1 saturated heterocycles. The maximum atomic E-state index is 11.9. The predicted molar refractivity (Wildman–Crippen MR) is 70.7 cm³/mol. The fraction of sp³-hybridized carbons (Fsp3) is 0.643. The molecule has 0 aromatic heterocycles. The Hall–Kier alpha value is -1.87. The molecule has 2 N–H and O–H groups in total. The number of amides is 1. The normalized spacial score (nSPS) is 21.9. The number of terminal acetylenes is 1. The van der Waals surface area contributed by atoms with E-state index in [9.17, 15) is 14.4 Å². The molecular weight excluding hydrogens is 262 g/mol. The van der Waals surface area contributed by atoms with Gasteiger partial charge in [0.2, 0.25) is 5.91 Å². The van der Waals surface area contributed by atoms with E-state index in [-0.39, 0.29) is 30.6 Å². The number of ketones is 1. The number of epoxide rings is 1. The first-order chi connectivity index (χ1) is 9.36. The molecule has 1 fully saturated rings. The number of Topliss-reactive ketones (excluding diaryl/α,β-unsaturated/α-hetero) is 1. The van der Waals surface area contributed by atoms with Crippen LogP contribution >= 0.6 is 0 Å². The van der Waals surface area contributed by atoms with Gasteiger partial charge in [-0.1, -0.05) is 19.8 Å². The topological polar surface area (TPSA) is 96.0 Å². The van der Waals surface area contributed by atoms with Crippen LogP contribution in [0.1, 0.15) is 26.7 Å². The van der Waals surface area contributed by atoms with Crippen LogP contribution in [0.5, 0.6) is 0 Å². The minimum Gasteiger partial charge on any atom is -0.479 e. The number of carboxylic acids is 1. The van der Waals surface area contributed by atoms with E-state index >= 15 is 0 Å². The average Bonchev–Trinajstić information content (AvgIpc) is 3.14. The van der Waals surface area contributed by atoms with Crippen molar-refractivity contribution in [3.63, 3.8) is 0 Å². The summed E-state index contributed by atoms with van der Waals surface area (Å²) < 4.78 is 4.79. The lowest BCUT2D eigenvalue weighted by Crippen LogP contribution is -2.34. The van der Waals surface area contributed by atoms with E-state index in [1.54, 1.807) is 0 Å². The number of ether oxygens (including phenoxy) is 1.